The van der Waals surface area contributed by atoms with Crippen LogP contribution >= 0.6 is 0 Å². The summed E-state index contributed by atoms with van der Waals surface area (Å²) in [6.07, 6.45) is 1.54. The van der Waals surface area contributed by atoms with Crippen LogP contribution in [0.5, 0.6) is 0 Å². The lowest BCUT2D eigenvalue weighted by molar-refractivity contribution is 0.447. The second kappa shape index (κ2) is 7.71. The first-order valence-electron chi connectivity index (χ1n) is 8.76. The van der Waals surface area contributed by atoms with Gasteiger partial charge in [-0.25, -0.2) is 16.8 Å². The Bertz CT molecular complexity index is 1030. The standard InChI is InChI=1S/C19H24N2O4S2/c1-26(22,23)19-8-3-2-7-18(19)15-10-17(13-21-12-15)27(24,25)16-6-4-5-14(9-16)11-20/h2-9,15,17,21H,10-13,20H2,1H3. The smallest absolute Gasteiger partial charge is 0.182 e. The SMILES string of the molecule is CS(=O)(=O)c1ccccc1C1CNCC(S(=O)(=O)c2cccc(CN)c2)C1. The Balaban J connectivity index is 1.93. The van der Waals surface area contributed by atoms with E-state index in [-0.39, 0.29) is 22.3 Å². The average molecular weight is 409 g/mol. The second-order valence-electron chi connectivity index (χ2n) is 6.92. The zero-order chi connectivity index (χ0) is 19.7. The molecule has 0 aromatic heterocycles. The largest absolute Gasteiger partial charge is 0.326 e. The lowest BCUT2D eigenvalue weighted by Crippen LogP contribution is -2.42. The molecule has 0 amide bonds. The highest BCUT2D eigenvalue weighted by molar-refractivity contribution is 7.92. The van der Waals surface area contributed by atoms with Crippen molar-refractivity contribution in [3.8, 4) is 0 Å². The van der Waals surface area contributed by atoms with E-state index in [2.05, 4.69) is 5.32 Å². The first kappa shape index (κ1) is 20.0. The number of nitrogens with two attached hydrogens (primary N) is 1. The quantitative estimate of drug-likeness (QED) is 0.776. The predicted molar refractivity (Wildman–Crippen MR) is 105 cm³/mol. The van der Waals surface area contributed by atoms with E-state index in [0.717, 1.165) is 5.56 Å². The van der Waals surface area contributed by atoms with Gasteiger partial charge in [-0.3, -0.25) is 0 Å². The fraction of sp³-hybridized carbons (Fsp3) is 0.368. The van der Waals surface area contributed by atoms with Crippen LogP contribution in [0.3, 0.4) is 0 Å². The minimum Gasteiger partial charge on any atom is -0.326 e. The lowest BCUT2D eigenvalue weighted by Gasteiger charge is -2.31. The third-order valence-corrected chi connectivity index (χ3v) is 8.29. The van der Waals surface area contributed by atoms with Gasteiger partial charge in [-0.05, 0) is 41.7 Å². The van der Waals surface area contributed by atoms with Gasteiger partial charge >= 0.3 is 0 Å². The monoisotopic (exact) mass is 408 g/mol. The molecule has 3 N–H and O–H groups in total. The average Bonchev–Trinajstić information content (AvgIpc) is 2.67. The van der Waals surface area contributed by atoms with Crippen LogP contribution in [0.25, 0.3) is 0 Å². The molecule has 0 bridgehead atoms. The van der Waals surface area contributed by atoms with Crippen LogP contribution < -0.4 is 11.1 Å². The molecule has 1 aliphatic heterocycles. The van der Waals surface area contributed by atoms with E-state index in [4.69, 9.17) is 5.73 Å². The van der Waals surface area contributed by atoms with Crippen molar-refractivity contribution in [2.24, 2.45) is 5.73 Å². The maximum atomic E-state index is 13.1. The highest BCUT2D eigenvalue weighted by Gasteiger charge is 2.35. The molecule has 0 saturated carbocycles. The van der Waals surface area contributed by atoms with Gasteiger partial charge in [0, 0.05) is 25.9 Å². The highest BCUT2D eigenvalue weighted by atomic mass is 32.2. The van der Waals surface area contributed by atoms with Crippen molar-refractivity contribution < 1.29 is 16.8 Å². The maximum Gasteiger partial charge on any atom is 0.182 e. The minimum atomic E-state index is -3.55. The van der Waals surface area contributed by atoms with E-state index in [9.17, 15) is 16.8 Å². The van der Waals surface area contributed by atoms with Crippen molar-refractivity contribution in [3.63, 3.8) is 0 Å². The molecule has 1 saturated heterocycles. The van der Waals surface area contributed by atoms with Crippen LogP contribution in [0.2, 0.25) is 0 Å². The van der Waals surface area contributed by atoms with Crippen molar-refractivity contribution >= 4 is 19.7 Å². The summed E-state index contributed by atoms with van der Waals surface area (Å²) >= 11 is 0. The Morgan fingerprint density at radius 3 is 2.48 bits per heavy atom. The number of hydrogen-bond donors (Lipinski definition) is 2. The number of sulfone groups is 2. The Hall–Kier alpha value is -1.74. The van der Waals surface area contributed by atoms with Gasteiger partial charge in [0.25, 0.3) is 0 Å². The van der Waals surface area contributed by atoms with Crippen molar-refractivity contribution in [2.75, 3.05) is 19.3 Å². The number of benzene rings is 2. The molecule has 1 heterocycles. The molecular formula is C19H24N2O4S2. The van der Waals surface area contributed by atoms with E-state index in [0.29, 0.717) is 25.1 Å². The molecule has 27 heavy (non-hydrogen) atoms. The van der Waals surface area contributed by atoms with Gasteiger partial charge in [0.1, 0.15) is 0 Å². The van der Waals surface area contributed by atoms with Crippen molar-refractivity contribution in [3.05, 3.63) is 59.7 Å². The van der Waals surface area contributed by atoms with Gasteiger partial charge in [-0.2, -0.15) is 0 Å². The summed E-state index contributed by atoms with van der Waals surface area (Å²) in [5.74, 6) is -0.192. The minimum absolute atomic E-state index is 0.192. The maximum absolute atomic E-state index is 13.1. The van der Waals surface area contributed by atoms with E-state index >= 15 is 0 Å². The third kappa shape index (κ3) is 4.24. The first-order chi connectivity index (χ1) is 12.7. The first-order valence-corrected chi connectivity index (χ1v) is 12.2. The molecule has 2 aromatic rings. The van der Waals surface area contributed by atoms with Gasteiger partial charge in [-0.1, -0.05) is 30.3 Å². The molecule has 2 atom stereocenters. The fourth-order valence-corrected chi connectivity index (χ4v) is 6.35. The summed E-state index contributed by atoms with van der Waals surface area (Å²) < 4.78 is 50.5. The fourth-order valence-electron chi connectivity index (χ4n) is 3.57. The summed E-state index contributed by atoms with van der Waals surface area (Å²) in [6.45, 7) is 1.16. The van der Waals surface area contributed by atoms with Crippen molar-refractivity contribution in [2.45, 2.75) is 33.9 Å². The summed E-state index contributed by atoms with van der Waals surface area (Å²) in [5, 5.41) is 2.54. The third-order valence-electron chi connectivity index (χ3n) is 4.97. The van der Waals surface area contributed by atoms with Crippen LogP contribution in [-0.4, -0.2) is 41.4 Å². The summed E-state index contributed by atoms with van der Waals surface area (Å²) in [7, 11) is -6.94. The van der Waals surface area contributed by atoms with Gasteiger partial charge in [0.2, 0.25) is 0 Å². The zero-order valence-corrected chi connectivity index (χ0v) is 16.8. The van der Waals surface area contributed by atoms with Crippen LogP contribution in [0.15, 0.2) is 58.3 Å². The van der Waals surface area contributed by atoms with E-state index in [1.807, 2.05) is 0 Å². The molecule has 1 fully saturated rings. The van der Waals surface area contributed by atoms with Crippen molar-refractivity contribution in [1.29, 1.82) is 0 Å². The molecule has 0 spiro atoms. The van der Waals surface area contributed by atoms with Crippen molar-refractivity contribution in [1.82, 2.24) is 5.32 Å². The molecular weight excluding hydrogens is 384 g/mol. The molecule has 1 aliphatic rings. The summed E-state index contributed by atoms with van der Waals surface area (Å²) in [5.41, 5.74) is 7.06. The number of rotatable bonds is 5. The van der Waals surface area contributed by atoms with E-state index < -0.39 is 24.9 Å². The van der Waals surface area contributed by atoms with Gasteiger partial charge < -0.3 is 11.1 Å². The van der Waals surface area contributed by atoms with Gasteiger partial charge in [0.05, 0.1) is 15.0 Å². The second-order valence-corrected chi connectivity index (χ2v) is 11.1. The summed E-state index contributed by atoms with van der Waals surface area (Å²) in [6, 6.07) is 13.5. The molecule has 3 rings (SSSR count). The van der Waals surface area contributed by atoms with E-state index in [1.54, 1.807) is 48.5 Å². The highest BCUT2D eigenvalue weighted by Crippen LogP contribution is 2.33. The summed E-state index contributed by atoms with van der Waals surface area (Å²) in [4.78, 5) is 0.522. The predicted octanol–water partition coefficient (Wildman–Crippen LogP) is 1.47. The molecule has 146 valence electrons. The lowest BCUT2D eigenvalue weighted by atomic mass is 9.91. The molecule has 8 heteroatoms. The molecule has 2 aromatic carbocycles. The van der Waals surface area contributed by atoms with E-state index in [1.165, 1.54) is 6.26 Å². The number of nitrogens with one attached hydrogen (secondary N) is 1. The Morgan fingerprint density at radius 2 is 1.78 bits per heavy atom. The molecule has 0 aliphatic carbocycles. The Kier molecular flexibility index (Phi) is 5.71. The Labute approximate surface area is 160 Å². The van der Waals surface area contributed by atoms with Gasteiger partial charge in [0.15, 0.2) is 19.7 Å². The normalized spacial score (nSPS) is 21.1. The van der Waals surface area contributed by atoms with Crippen LogP contribution in [0, 0.1) is 0 Å². The van der Waals surface area contributed by atoms with Crippen LogP contribution in [0.4, 0.5) is 0 Å². The molecule has 0 radical (unpaired) electrons. The molecule has 2 unspecified atom stereocenters. The topological polar surface area (TPSA) is 106 Å². The number of piperidine rings is 1. The van der Waals surface area contributed by atoms with Crippen LogP contribution in [0.1, 0.15) is 23.5 Å². The van der Waals surface area contributed by atoms with Gasteiger partial charge in [-0.15, -0.1) is 0 Å². The zero-order valence-electron chi connectivity index (χ0n) is 15.1. The Morgan fingerprint density at radius 1 is 1.04 bits per heavy atom. The van der Waals surface area contributed by atoms with Crippen LogP contribution in [-0.2, 0) is 26.2 Å². The molecule has 6 nitrogen and oxygen atoms in total. The number of hydrogen-bond acceptors (Lipinski definition) is 6.